The Hall–Kier alpha value is -2.24. The molecule has 3 fully saturated rings. The lowest BCUT2D eigenvalue weighted by Gasteiger charge is -2.70. The van der Waals surface area contributed by atoms with Crippen LogP contribution in [-0.4, -0.2) is 37.7 Å². The Morgan fingerprint density at radius 2 is 1.71 bits per heavy atom. The number of fused-ring (bicyclic) bond motifs is 8. The summed E-state index contributed by atoms with van der Waals surface area (Å²) in [5.74, 6) is 0.0100. The third kappa shape index (κ3) is 3.67. The topological polar surface area (TPSA) is 59.5 Å². The van der Waals surface area contributed by atoms with Crippen molar-refractivity contribution in [2.24, 2.45) is 5.41 Å². The summed E-state index contributed by atoms with van der Waals surface area (Å²) >= 11 is 3.64. The maximum atomic E-state index is 11.0. The second-order valence-corrected chi connectivity index (χ2v) is 15.5. The van der Waals surface area contributed by atoms with Gasteiger partial charge in [-0.05, 0) is 106 Å². The van der Waals surface area contributed by atoms with E-state index in [9.17, 15) is 10.2 Å². The van der Waals surface area contributed by atoms with Gasteiger partial charge in [0.1, 0.15) is 0 Å². The number of nitrogens with zero attached hydrogens (tertiary/aromatic N) is 1. The zero-order chi connectivity index (χ0) is 28.9. The van der Waals surface area contributed by atoms with Gasteiger partial charge in [0.15, 0.2) is 11.5 Å². The fourth-order valence-electron chi connectivity index (χ4n) is 9.98. The lowest BCUT2D eigenvalue weighted by molar-refractivity contribution is -0.139. The van der Waals surface area contributed by atoms with E-state index < -0.39 is 0 Å². The molecule has 4 nitrogen and oxygen atoms in total. The maximum Gasteiger partial charge on any atom is 0.160 e. The summed E-state index contributed by atoms with van der Waals surface area (Å²) in [4.78, 5) is 6.50. The first-order chi connectivity index (χ1) is 19.4. The second kappa shape index (κ2) is 9.13. The third-order valence-corrected chi connectivity index (χ3v) is 13.1. The summed E-state index contributed by atoms with van der Waals surface area (Å²) in [6.45, 7) is 13.3. The van der Waals surface area contributed by atoms with Crippen LogP contribution in [0.5, 0.6) is 11.5 Å². The molecule has 3 N–H and O–H groups in total. The van der Waals surface area contributed by atoms with Gasteiger partial charge in [0.25, 0.3) is 0 Å². The van der Waals surface area contributed by atoms with Gasteiger partial charge in [-0.2, -0.15) is 0 Å². The van der Waals surface area contributed by atoms with E-state index >= 15 is 0 Å². The molecule has 0 spiro atoms. The molecule has 3 aromatic rings. The number of benzene rings is 2. The van der Waals surface area contributed by atoms with Crippen molar-refractivity contribution in [1.29, 1.82) is 0 Å². The molecule has 2 aliphatic heterocycles. The van der Waals surface area contributed by atoms with Gasteiger partial charge < -0.3 is 15.2 Å². The Kier molecular flexibility index (Phi) is 6.14. The quantitative estimate of drug-likeness (QED) is 0.188. The van der Waals surface area contributed by atoms with Crippen LogP contribution in [0.3, 0.4) is 0 Å². The first kappa shape index (κ1) is 27.6. The van der Waals surface area contributed by atoms with Crippen LogP contribution < -0.4 is 0 Å². The summed E-state index contributed by atoms with van der Waals surface area (Å²) in [6, 6.07) is 8.36. The number of piperidine rings is 1. The minimum atomic E-state index is -0.193. The summed E-state index contributed by atoms with van der Waals surface area (Å²) in [5, 5.41) is 23.2. The molecular formula is C36H45BrN2O2. The number of aromatic nitrogens is 1. The highest BCUT2D eigenvalue weighted by Gasteiger charge is 2.64. The van der Waals surface area contributed by atoms with Crippen LogP contribution in [0.4, 0.5) is 0 Å². The highest BCUT2D eigenvalue weighted by Crippen LogP contribution is 2.67. The summed E-state index contributed by atoms with van der Waals surface area (Å²) in [7, 11) is 0. The van der Waals surface area contributed by atoms with Gasteiger partial charge in [0.2, 0.25) is 0 Å². The summed E-state index contributed by atoms with van der Waals surface area (Å²) in [5.41, 5.74) is 7.19. The number of phenols is 2. The Morgan fingerprint density at radius 1 is 0.927 bits per heavy atom. The standard InChI is InChI=1S/C36H45BrN2O2/c1-22-31-25(26-21-38-28-18-23(37)10-11-24(26)28)19-30-34(3,27(31)20-29(40)32(22)41)14-16-36(5)35(30,4)15-13-33(2)12-8-6-7-9-17-39(33)36/h10-11,18-21,25,38,40-41H,6-9,12-17H2,1-5H3/t25?,33-,34?,35-,36-/m1/s1. The van der Waals surface area contributed by atoms with Crippen molar-refractivity contribution in [3.63, 3.8) is 0 Å². The number of allylic oxidation sites excluding steroid dienone is 1. The Balaban J connectivity index is 1.47. The zero-order valence-corrected chi connectivity index (χ0v) is 26.9. The van der Waals surface area contributed by atoms with Crippen LogP contribution in [0.25, 0.3) is 10.9 Å². The fourth-order valence-corrected chi connectivity index (χ4v) is 10.3. The van der Waals surface area contributed by atoms with E-state index in [1.807, 2.05) is 13.0 Å². The van der Waals surface area contributed by atoms with Crippen LogP contribution in [0.15, 0.2) is 46.6 Å². The van der Waals surface area contributed by atoms with Crippen LogP contribution in [0.2, 0.25) is 0 Å². The minimum Gasteiger partial charge on any atom is -0.504 e. The number of hydrogen-bond donors (Lipinski definition) is 3. The Bertz CT molecular complexity index is 1590. The summed E-state index contributed by atoms with van der Waals surface area (Å²) in [6.07, 6.45) is 16.0. The largest absolute Gasteiger partial charge is 0.504 e. The van der Waals surface area contributed by atoms with E-state index in [1.54, 1.807) is 0 Å². The first-order valence-corrected chi connectivity index (χ1v) is 16.6. The smallest absolute Gasteiger partial charge is 0.160 e. The van der Waals surface area contributed by atoms with Crippen molar-refractivity contribution in [3.8, 4) is 11.5 Å². The third-order valence-electron chi connectivity index (χ3n) is 12.6. The van der Waals surface area contributed by atoms with Crippen molar-refractivity contribution in [2.45, 2.75) is 115 Å². The van der Waals surface area contributed by atoms with Crippen LogP contribution >= 0.6 is 15.9 Å². The van der Waals surface area contributed by atoms with Crippen molar-refractivity contribution < 1.29 is 10.2 Å². The van der Waals surface area contributed by atoms with Gasteiger partial charge in [-0.1, -0.05) is 66.8 Å². The lowest BCUT2D eigenvalue weighted by Crippen LogP contribution is -2.72. The molecular weight excluding hydrogens is 572 g/mol. The van der Waals surface area contributed by atoms with E-state index in [2.05, 4.69) is 84.0 Å². The lowest BCUT2D eigenvalue weighted by atomic mass is 9.44. The van der Waals surface area contributed by atoms with Gasteiger partial charge in [-0.3, -0.25) is 4.90 Å². The maximum absolute atomic E-state index is 11.0. The number of rotatable bonds is 1. The van der Waals surface area contributed by atoms with Crippen LogP contribution in [0.1, 0.15) is 114 Å². The van der Waals surface area contributed by atoms with E-state index in [4.69, 9.17) is 0 Å². The number of nitrogens with one attached hydrogen (secondary N) is 1. The van der Waals surface area contributed by atoms with E-state index in [1.165, 1.54) is 73.6 Å². The van der Waals surface area contributed by atoms with Crippen molar-refractivity contribution in [3.05, 3.63) is 68.8 Å². The average molecular weight is 618 g/mol. The molecule has 5 heteroatoms. The molecule has 0 amide bonds. The van der Waals surface area contributed by atoms with Crippen LogP contribution in [-0.2, 0) is 5.41 Å². The Morgan fingerprint density at radius 3 is 2.51 bits per heavy atom. The molecule has 1 saturated carbocycles. The summed E-state index contributed by atoms with van der Waals surface area (Å²) < 4.78 is 1.06. The average Bonchev–Trinajstić information content (AvgIpc) is 3.34. The fraction of sp³-hybridized carbons (Fsp3) is 0.556. The molecule has 0 radical (unpaired) electrons. The molecule has 1 aromatic heterocycles. The second-order valence-electron chi connectivity index (χ2n) is 14.6. The molecule has 7 rings (SSSR count). The molecule has 4 aliphatic rings. The predicted molar refractivity (Wildman–Crippen MR) is 171 cm³/mol. The molecule has 0 bridgehead atoms. The highest BCUT2D eigenvalue weighted by molar-refractivity contribution is 9.10. The highest BCUT2D eigenvalue weighted by atomic mass is 79.9. The van der Waals surface area contributed by atoms with Crippen molar-refractivity contribution in [1.82, 2.24) is 9.88 Å². The molecule has 5 atom stereocenters. The zero-order valence-electron chi connectivity index (χ0n) is 25.3. The first-order valence-electron chi connectivity index (χ1n) is 15.8. The molecule has 218 valence electrons. The van der Waals surface area contributed by atoms with Crippen molar-refractivity contribution >= 4 is 26.8 Å². The van der Waals surface area contributed by atoms with Crippen LogP contribution in [0, 0.1) is 12.3 Å². The van der Waals surface area contributed by atoms with Gasteiger partial charge >= 0.3 is 0 Å². The Labute approximate surface area is 253 Å². The van der Waals surface area contributed by atoms with E-state index in [0.29, 0.717) is 0 Å². The van der Waals surface area contributed by atoms with Gasteiger partial charge in [-0.25, -0.2) is 0 Å². The molecule has 2 unspecified atom stereocenters. The number of aromatic hydroxyl groups is 2. The minimum absolute atomic E-state index is 0.00353. The predicted octanol–water partition coefficient (Wildman–Crippen LogP) is 9.36. The molecule has 2 saturated heterocycles. The number of aromatic amines is 1. The van der Waals surface area contributed by atoms with Gasteiger partial charge in [-0.15, -0.1) is 0 Å². The van der Waals surface area contributed by atoms with E-state index in [0.717, 1.165) is 34.0 Å². The van der Waals surface area contributed by atoms with Gasteiger partial charge in [0.05, 0.1) is 0 Å². The normalized spacial score (nSPS) is 35.5. The number of phenolic OH excluding ortho intramolecular Hbond substituents is 2. The SMILES string of the molecule is Cc1c(O)c(O)cc2c1C(c1c[nH]c3cc(Br)ccc13)C=C1C2(C)CC[C@@]2(C)N3CCCCCC[C@]3(C)CC[C@]12C. The van der Waals surface area contributed by atoms with Crippen molar-refractivity contribution in [2.75, 3.05) is 6.54 Å². The molecule has 3 heterocycles. The number of hydrogen-bond acceptors (Lipinski definition) is 3. The monoisotopic (exact) mass is 616 g/mol. The molecule has 41 heavy (non-hydrogen) atoms. The number of halogens is 1. The molecule has 2 aromatic carbocycles. The number of H-pyrrole nitrogens is 1. The van der Waals surface area contributed by atoms with Gasteiger partial charge in [0, 0.05) is 49.4 Å². The van der Waals surface area contributed by atoms with E-state index in [-0.39, 0.29) is 39.3 Å². The molecule has 2 aliphatic carbocycles.